The molecule has 0 saturated heterocycles. The number of benzene rings is 6. The van der Waals surface area contributed by atoms with E-state index >= 15 is 0 Å². The van der Waals surface area contributed by atoms with Gasteiger partial charge in [-0.2, -0.15) is 0 Å². The van der Waals surface area contributed by atoms with Gasteiger partial charge in [0.1, 0.15) is 46.0 Å². The van der Waals surface area contributed by atoms with Gasteiger partial charge in [-0.3, -0.25) is 0 Å². The Labute approximate surface area is 413 Å². The Morgan fingerprint density at radius 1 is 0.543 bits per heavy atom. The molecule has 2 unspecified atom stereocenters. The molecular formula is C53H48N4O11S2. The van der Waals surface area contributed by atoms with Gasteiger partial charge in [0.15, 0.2) is 21.4 Å². The van der Waals surface area contributed by atoms with Crippen LogP contribution in [-0.4, -0.2) is 68.4 Å². The Hall–Kier alpha value is -7.60. The molecule has 4 aliphatic heterocycles. The third kappa shape index (κ3) is 8.39. The second kappa shape index (κ2) is 18.4. The Morgan fingerprint density at radius 3 is 1.37 bits per heavy atom. The van der Waals surface area contributed by atoms with Crippen molar-refractivity contribution in [3.05, 3.63) is 154 Å². The molecule has 0 saturated carbocycles. The van der Waals surface area contributed by atoms with Crippen LogP contribution in [0.25, 0.3) is 0 Å². The molecule has 6 aromatic carbocycles. The topological polar surface area (TPSA) is 209 Å². The summed E-state index contributed by atoms with van der Waals surface area (Å²) in [5, 5.41) is 54.5. The number of anilines is 2. The molecule has 0 fully saturated rings. The van der Waals surface area contributed by atoms with Crippen LogP contribution in [0.15, 0.2) is 109 Å². The smallest absolute Gasteiger partial charge is 0.340 e. The van der Waals surface area contributed by atoms with Crippen LogP contribution in [0.1, 0.15) is 93.6 Å². The fourth-order valence-corrected chi connectivity index (χ4v) is 10.1. The first-order chi connectivity index (χ1) is 33.7. The minimum atomic E-state index is -1.34. The van der Waals surface area contributed by atoms with E-state index in [1.165, 1.54) is 48.5 Å². The molecule has 0 aliphatic carbocycles. The minimum Gasteiger partial charge on any atom is -0.508 e. The van der Waals surface area contributed by atoms with Crippen molar-refractivity contribution in [2.24, 2.45) is 5.92 Å². The molecule has 6 aromatic rings. The van der Waals surface area contributed by atoms with Crippen LogP contribution in [0, 0.1) is 5.92 Å². The van der Waals surface area contributed by atoms with E-state index in [1.807, 2.05) is 31.2 Å². The number of hydrogen-bond donors (Lipinski definition) is 8. The molecule has 0 radical (unpaired) electrons. The molecule has 8 N–H and O–H groups in total. The molecule has 4 heterocycles. The van der Waals surface area contributed by atoms with Crippen molar-refractivity contribution < 1.29 is 53.7 Å². The highest BCUT2D eigenvalue weighted by Gasteiger charge is 2.55. The van der Waals surface area contributed by atoms with E-state index in [9.17, 15) is 30.0 Å². The van der Waals surface area contributed by atoms with Crippen LogP contribution >= 0.6 is 24.4 Å². The molecule has 15 nitrogen and oxygen atoms in total. The number of carbonyl (C=O) groups excluding carboxylic acids is 2. The van der Waals surface area contributed by atoms with E-state index in [2.05, 4.69) is 28.2 Å². The Bertz CT molecular complexity index is 3020. The number of fused-ring (bicyclic) bond motifs is 12. The molecule has 2 atom stereocenters. The maximum absolute atomic E-state index is 13.5. The summed E-state index contributed by atoms with van der Waals surface area (Å²) in [4.78, 5) is 27.0. The van der Waals surface area contributed by atoms with Gasteiger partial charge in [0, 0.05) is 88.7 Å². The van der Waals surface area contributed by atoms with Crippen LogP contribution in [0.3, 0.4) is 0 Å². The van der Waals surface area contributed by atoms with Gasteiger partial charge >= 0.3 is 11.9 Å². The predicted molar refractivity (Wildman–Crippen MR) is 268 cm³/mol. The van der Waals surface area contributed by atoms with Crippen molar-refractivity contribution in [2.75, 3.05) is 30.3 Å². The third-order valence-corrected chi connectivity index (χ3v) is 13.6. The molecular weight excluding hydrogens is 933 g/mol. The lowest BCUT2D eigenvalue weighted by molar-refractivity contribution is 0.0214. The SMILES string of the molecule is CC(CCCNC(=S)Nc1ccc2c(c1)C(=O)OC21c2ccc(O)cc2Oc2cc(O)ccc21)CCOC(C)CCNC(=S)Nc1ccc2c(c1)C(=O)OC21c2ccc(O)cc2Oc2cc(O)ccc21. The maximum Gasteiger partial charge on any atom is 0.340 e. The number of nitrogens with one attached hydrogen (secondary N) is 4. The van der Waals surface area contributed by atoms with Crippen LogP contribution in [-0.2, 0) is 25.4 Å². The molecule has 4 aliphatic rings. The number of esters is 2. The average molecular weight is 981 g/mol. The number of rotatable bonds is 13. The zero-order valence-electron chi connectivity index (χ0n) is 38.0. The number of ether oxygens (including phenoxy) is 5. The maximum atomic E-state index is 13.5. The number of phenols is 4. The largest absolute Gasteiger partial charge is 0.508 e. The van der Waals surface area contributed by atoms with Crippen LogP contribution in [0.4, 0.5) is 11.4 Å². The Morgan fingerprint density at radius 2 is 0.943 bits per heavy atom. The fourth-order valence-electron chi connectivity index (χ4n) is 9.66. The number of thiocarbonyl (C=S) groups is 2. The zero-order valence-corrected chi connectivity index (χ0v) is 39.6. The molecule has 2 spiro atoms. The highest BCUT2D eigenvalue weighted by atomic mass is 32.1. The van der Waals surface area contributed by atoms with Crippen molar-refractivity contribution in [1.82, 2.24) is 10.6 Å². The van der Waals surface area contributed by atoms with Crippen LogP contribution < -0.4 is 30.7 Å². The second-order valence-corrected chi connectivity index (χ2v) is 18.7. The van der Waals surface area contributed by atoms with E-state index in [-0.39, 0.29) is 29.1 Å². The van der Waals surface area contributed by atoms with Gasteiger partial charge in [-0.25, -0.2) is 9.59 Å². The third-order valence-electron chi connectivity index (χ3n) is 13.1. The standard InChI is InChI=1S/C53H48N4O11S2/c1-28(4-3-19-54-50(69)56-30-5-11-38-36(22-30)48(62)67-52(38)40-13-7-32(58)24-44(40)65-45-25-33(59)8-14-41(45)52)18-21-64-29(2)17-20-55-51(70)57-31-6-12-39-37(23-31)49(63)68-53(39)42-15-9-34(60)26-46(42)66-47-27-35(61)10-16-43(47)53/h5-16,22-29,58-61H,3-4,17-21H2,1-2H3,(H2,54,56,69)(H2,55,57,70). The Kier molecular flexibility index (Phi) is 12.1. The first-order valence-electron chi connectivity index (χ1n) is 22.9. The van der Waals surface area contributed by atoms with Crippen molar-refractivity contribution >= 4 is 58.0 Å². The fraction of sp³-hybridized carbons (Fsp3) is 0.245. The summed E-state index contributed by atoms with van der Waals surface area (Å²) in [7, 11) is 0. The van der Waals surface area contributed by atoms with Gasteiger partial charge < -0.3 is 65.4 Å². The van der Waals surface area contributed by atoms with E-state index in [0.717, 1.165) is 25.7 Å². The van der Waals surface area contributed by atoms with Crippen molar-refractivity contribution in [3.63, 3.8) is 0 Å². The first kappa shape index (κ1) is 46.1. The summed E-state index contributed by atoms with van der Waals surface area (Å²) < 4.78 is 30.6. The summed E-state index contributed by atoms with van der Waals surface area (Å²) in [6.45, 7) is 6.07. The summed E-state index contributed by atoms with van der Waals surface area (Å²) in [5.74, 6) is 0.552. The van der Waals surface area contributed by atoms with Gasteiger partial charge in [0.25, 0.3) is 0 Å². The summed E-state index contributed by atoms with van der Waals surface area (Å²) in [6.07, 6.45) is 3.46. The van der Waals surface area contributed by atoms with Gasteiger partial charge in [-0.1, -0.05) is 19.1 Å². The molecule has 358 valence electrons. The minimum absolute atomic E-state index is 0.00789. The van der Waals surface area contributed by atoms with Gasteiger partial charge in [-0.05, 0) is 136 Å². The molecule has 0 bridgehead atoms. The highest BCUT2D eigenvalue weighted by molar-refractivity contribution is 7.80. The summed E-state index contributed by atoms with van der Waals surface area (Å²) in [6, 6.07) is 29.3. The first-order valence-corrected chi connectivity index (χ1v) is 23.7. The number of carbonyl (C=O) groups is 2. The predicted octanol–water partition coefficient (Wildman–Crippen LogP) is 9.52. The second-order valence-electron chi connectivity index (χ2n) is 17.9. The van der Waals surface area contributed by atoms with Crippen molar-refractivity contribution in [1.29, 1.82) is 0 Å². The van der Waals surface area contributed by atoms with E-state index in [1.54, 1.807) is 36.4 Å². The highest BCUT2D eigenvalue weighted by Crippen LogP contribution is 2.59. The van der Waals surface area contributed by atoms with Gasteiger partial charge in [-0.15, -0.1) is 0 Å². The number of aromatic hydroxyl groups is 4. The molecule has 70 heavy (non-hydrogen) atoms. The Balaban J connectivity index is 0.652. The van der Waals surface area contributed by atoms with E-state index in [0.29, 0.717) is 115 Å². The lowest BCUT2D eigenvalue weighted by atomic mass is 9.77. The van der Waals surface area contributed by atoms with Crippen LogP contribution in [0.5, 0.6) is 46.0 Å². The summed E-state index contributed by atoms with van der Waals surface area (Å²) in [5.41, 5.74) is 2.64. The van der Waals surface area contributed by atoms with E-state index < -0.39 is 23.1 Å². The molecule has 0 amide bonds. The average Bonchev–Trinajstić information content (AvgIpc) is 3.76. The quantitative estimate of drug-likeness (QED) is 0.0308. The van der Waals surface area contributed by atoms with Crippen molar-refractivity contribution in [2.45, 2.75) is 56.8 Å². The lowest BCUT2D eigenvalue weighted by Crippen LogP contribution is -2.33. The molecule has 10 rings (SSSR count). The number of hydrogen-bond acceptors (Lipinski definition) is 13. The van der Waals surface area contributed by atoms with Gasteiger partial charge in [0.2, 0.25) is 0 Å². The summed E-state index contributed by atoms with van der Waals surface area (Å²) >= 11 is 11.2. The zero-order chi connectivity index (χ0) is 48.9. The number of phenolic OH excluding ortho intramolecular Hbond substituents is 4. The van der Waals surface area contributed by atoms with Gasteiger partial charge in [0.05, 0.1) is 17.2 Å². The van der Waals surface area contributed by atoms with Crippen LogP contribution in [0.2, 0.25) is 0 Å². The monoisotopic (exact) mass is 980 g/mol. The van der Waals surface area contributed by atoms with Crippen molar-refractivity contribution in [3.8, 4) is 46.0 Å². The molecule has 0 aromatic heterocycles. The molecule has 17 heteroatoms. The lowest BCUT2D eigenvalue weighted by Gasteiger charge is -2.36. The normalized spacial score (nSPS) is 15.6. The van der Waals surface area contributed by atoms with E-state index in [4.69, 9.17) is 48.1 Å².